The summed E-state index contributed by atoms with van der Waals surface area (Å²) in [5, 5.41) is 10.4. The highest BCUT2D eigenvalue weighted by atomic mass is 32.1. The van der Waals surface area contributed by atoms with Gasteiger partial charge in [0.2, 0.25) is 5.91 Å². The van der Waals surface area contributed by atoms with Gasteiger partial charge in [0.25, 0.3) is 0 Å². The highest BCUT2D eigenvalue weighted by Gasteiger charge is 2.23. The van der Waals surface area contributed by atoms with E-state index in [1.165, 1.54) is 11.1 Å². The molecule has 0 radical (unpaired) electrons. The van der Waals surface area contributed by atoms with Crippen LogP contribution in [0.3, 0.4) is 0 Å². The van der Waals surface area contributed by atoms with Crippen LogP contribution in [0.1, 0.15) is 35.6 Å². The van der Waals surface area contributed by atoms with E-state index in [-0.39, 0.29) is 11.9 Å². The van der Waals surface area contributed by atoms with Gasteiger partial charge in [-0.3, -0.25) is 14.5 Å². The van der Waals surface area contributed by atoms with E-state index in [0.717, 1.165) is 29.8 Å². The zero-order valence-electron chi connectivity index (χ0n) is 15.2. The van der Waals surface area contributed by atoms with Gasteiger partial charge in [-0.2, -0.15) is 5.10 Å². The molecule has 1 aliphatic rings. The van der Waals surface area contributed by atoms with Gasteiger partial charge in [0.1, 0.15) is 0 Å². The minimum absolute atomic E-state index is 0.0370. The lowest BCUT2D eigenvalue weighted by Crippen LogP contribution is -2.28. The van der Waals surface area contributed by atoms with Gasteiger partial charge in [-0.05, 0) is 49.2 Å². The third kappa shape index (κ3) is 3.71. The maximum Gasteiger partial charge on any atom is 0.222 e. The third-order valence-electron chi connectivity index (χ3n) is 5.07. The molecule has 27 heavy (non-hydrogen) atoms. The first-order chi connectivity index (χ1) is 13.1. The van der Waals surface area contributed by atoms with E-state index < -0.39 is 0 Å². The predicted molar refractivity (Wildman–Crippen MR) is 108 cm³/mol. The summed E-state index contributed by atoms with van der Waals surface area (Å²) in [5.41, 5.74) is 4.73. The molecule has 2 N–H and O–H groups in total. The Morgan fingerprint density at radius 2 is 2.15 bits per heavy atom. The van der Waals surface area contributed by atoms with Crippen LogP contribution in [0, 0.1) is 11.7 Å². The number of fused-ring (bicyclic) bond motifs is 1. The quantitative estimate of drug-likeness (QED) is 0.657. The standard InChI is InChI=1S/C21H22N4OS/c1-14-5-4-7-16(13-14)20-23-24-21(27)25(20)12-11-19(26)22-18-10-9-15-6-2-3-8-17(15)18/h2-8,13,18H,9-12H2,1H3,(H,22,26)(H,24,27). The number of nitrogens with zero attached hydrogens (tertiary/aromatic N) is 2. The van der Waals surface area contributed by atoms with Crippen molar-refractivity contribution in [2.75, 3.05) is 0 Å². The molecule has 2 aromatic carbocycles. The summed E-state index contributed by atoms with van der Waals surface area (Å²) in [5.74, 6) is 0.803. The van der Waals surface area contributed by atoms with Crippen LogP contribution in [0.15, 0.2) is 48.5 Å². The zero-order valence-corrected chi connectivity index (χ0v) is 16.1. The van der Waals surface area contributed by atoms with Gasteiger partial charge in [0, 0.05) is 18.5 Å². The zero-order chi connectivity index (χ0) is 18.8. The van der Waals surface area contributed by atoms with Gasteiger partial charge < -0.3 is 5.32 Å². The summed E-state index contributed by atoms with van der Waals surface area (Å²) in [6.45, 7) is 2.54. The number of amides is 1. The molecule has 0 fully saturated rings. The van der Waals surface area contributed by atoms with Crippen LogP contribution in [-0.4, -0.2) is 20.7 Å². The van der Waals surface area contributed by atoms with E-state index in [1.807, 2.05) is 35.8 Å². The van der Waals surface area contributed by atoms with Crippen molar-refractivity contribution in [1.29, 1.82) is 0 Å². The van der Waals surface area contributed by atoms with E-state index in [0.29, 0.717) is 17.7 Å². The number of aryl methyl sites for hydroxylation is 2. The van der Waals surface area contributed by atoms with Crippen molar-refractivity contribution in [3.63, 3.8) is 0 Å². The van der Waals surface area contributed by atoms with Crippen molar-refractivity contribution in [2.45, 2.75) is 38.8 Å². The molecule has 1 unspecified atom stereocenters. The average Bonchev–Trinajstić information content (AvgIpc) is 3.24. The van der Waals surface area contributed by atoms with Crippen LogP contribution in [-0.2, 0) is 17.8 Å². The van der Waals surface area contributed by atoms with Gasteiger partial charge in [0.05, 0.1) is 6.04 Å². The van der Waals surface area contributed by atoms with Crippen LogP contribution in [0.5, 0.6) is 0 Å². The van der Waals surface area contributed by atoms with Crippen molar-refractivity contribution >= 4 is 18.1 Å². The van der Waals surface area contributed by atoms with E-state index in [4.69, 9.17) is 12.2 Å². The Morgan fingerprint density at radius 1 is 1.30 bits per heavy atom. The van der Waals surface area contributed by atoms with Crippen LogP contribution in [0.2, 0.25) is 0 Å². The number of hydrogen-bond acceptors (Lipinski definition) is 3. The first-order valence-electron chi connectivity index (χ1n) is 9.21. The highest BCUT2D eigenvalue weighted by Crippen LogP contribution is 2.30. The molecule has 4 rings (SSSR count). The van der Waals surface area contributed by atoms with E-state index in [2.05, 4.69) is 39.8 Å². The second-order valence-electron chi connectivity index (χ2n) is 6.98. The van der Waals surface area contributed by atoms with E-state index in [1.54, 1.807) is 0 Å². The summed E-state index contributed by atoms with van der Waals surface area (Å²) >= 11 is 5.37. The molecule has 5 nitrogen and oxygen atoms in total. The Kier molecular flexibility index (Phi) is 4.90. The minimum atomic E-state index is 0.0370. The van der Waals surface area contributed by atoms with Crippen molar-refractivity contribution in [3.05, 3.63) is 70.0 Å². The first kappa shape index (κ1) is 17.7. The molecule has 3 aromatic rings. The summed E-state index contributed by atoms with van der Waals surface area (Å²) < 4.78 is 2.43. The summed E-state index contributed by atoms with van der Waals surface area (Å²) in [6, 6.07) is 16.6. The minimum Gasteiger partial charge on any atom is -0.349 e. The lowest BCUT2D eigenvalue weighted by Gasteiger charge is -2.14. The van der Waals surface area contributed by atoms with Crippen molar-refractivity contribution in [1.82, 2.24) is 20.1 Å². The molecule has 1 amide bonds. The Hall–Kier alpha value is -2.73. The molecular formula is C21H22N4OS. The maximum atomic E-state index is 12.5. The first-order valence-corrected chi connectivity index (χ1v) is 9.62. The number of carbonyl (C=O) groups excluding carboxylic acids is 1. The Balaban J connectivity index is 1.45. The monoisotopic (exact) mass is 378 g/mol. The molecule has 1 atom stereocenters. The fourth-order valence-electron chi connectivity index (χ4n) is 3.72. The third-order valence-corrected chi connectivity index (χ3v) is 5.38. The number of rotatable bonds is 5. The molecule has 138 valence electrons. The average molecular weight is 379 g/mol. The molecule has 0 bridgehead atoms. The molecule has 0 saturated carbocycles. The number of carbonyl (C=O) groups is 1. The number of aromatic nitrogens is 3. The molecular weight excluding hydrogens is 356 g/mol. The molecule has 0 spiro atoms. The van der Waals surface area contributed by atoms with Crippen molar-refractivity contribution in [2.24, 2.45) is 0 Å². The second kappa shape index (κ2) is 7.48. The predicted octanol–water partition coefficient (Wildman–Crippen LogP) is 4.11. The molecule has 6 heteroatoms. The van der Waals surface area contributed by atoms with Gasteiger partial charge in [-0.1, -0.05) is 48.0 Å². The van der Waals surface area contributed by atoms with Crippen LogP contribution >= 0.6 is 12.2 Å². The lowest BCUT2D eigenvalue weighted by atomic mass is 10.1. The van der Waals surface area contributed by atoms with Crippen molar-refractivity contribution < 1.29 is 4.79 Å². The largest absolute Gasteiger partial charge is 0.349 e. The molecule has 1 aliphatic carbocycles. The van der Waals surface area contributed by atoms with Crippen LogP contribution in [0.4, 0.5) is 0 Å². The summed E-state index contributed by atoms with van der Waals surface area (Å²) in [7, 11) is 0. The fourth-order valence-corrected chi connectivity index (χ4v) is 3.94. The summed E-state index contributed by atoms with van der Waals surface area (Å²) in [6.07, 6.45) is 2.35. The van der Waals surface area contributed by atoms with Crippen molar-refractivity contribution in [3.8, 4) is 11.4 Å². The van der Waals surface area contributed by atoms with Gasteiger partial charge in [-0.25, -0.2) is 0 Å². The number of nitrogens with one attached hydrogen (secondary N) is 2. The number of aromatic amines is 1. The molecule has 0 saturated heterocycles. The second-order valence-corrected chi connectivity index (χ2v) is 7.37. The SMILES string of the molecule is Cc1cccc(-c2n[nH]c(=S)n2CCC(=O)NC2CCc3ccccc32)c1. The topological polar surface area (TPSA) is 62.7 Å². The van der Waals surface area contributed by atoms with E-state index in [9.17, 15) is 4.79 Å². The van der Waals surface area contributed by atoms with Crippen LogP contribution in [0.25, 0.3) is 11.4 Å². The lowest BCUT2D eigenvalue weighted by molar-refractivity contribution is -0.122. The highest BCUT2D eigenvalue weighted by molar-refractivity contribution is 7.71. The number of H-pyrrole nitrogens is 1. The van der Waals surface area contributed by atoms with Crippen LogP contribution < -0.4 is 5.32 Å². The van der Waals surface area contributed by atoms with Gasteiger partial charge in [0.15, 0.2) is 10.6 Å². The number of benzene rings is 2. The smallest absolute Gasteiger partial charge is 0.222 e. The maximum absolute atomic E-state index is 12.5. The van der Waals surface area contributed by atoms with Gasteiger partial charge >= 0.3 is 0 Å². The van der Waals surface area contributed by atoms with Gasteiger partial charge in [-0.15, -0.1) is 0 Å². The molecule has 1 aromatic heterocycles. The Morgan fingerprint density at radius 3 is 3.00 bits per heavy atom. The Labute approximate surface area is 163 Å². The Bertz CT molecular complexity index is 1040. The summed E-state index contributed by atoms with van der Waals surface area (Å²) in [4.78, 5) is 12.5. The normalized spacial score (nSPS) is 15.5. The fraction of sp³-hybridized carbons (Fsp3) is 0.286. The molecule has 0 aliphatic heterocycles. The number of hydrogen-bond donors (Lipinski definition) is 2. The molecule has 1 heterocycles. The van der Waals surface area contributed by atoms with E-state index >= 15 is 0 Å².